The number of fused-ring (bicyclic) bond motifs is 1. The summed E-state index contributed by atoms with van der Waals surface area (Å²) in [5, 5.41) is 0.624. The van der Waals surface area contributed by atoms with Crippen molar-refractivity contribution < 1.29 is 4.74 Å². The summed E-state index contributed by atoms with van der Waals surface area (Å²) in [6, 6.07) is 16.8. The molecular weight excluding hydrogens is 252 g/mol. The molecule has 3 aromatic rings. The molecule has 0 amide bonds. The van der Waals surface area contributed by atoms with Gasteiger partial charge in [-0.3, -0.25) is 9.36 Å². The molecule has 1 aromatic heterocycles. The van der Waals surface area contributed by atoms with Crippen LogP contribution in [0.4, 0.5) is 0 Å². The van der Waals surface area contributed by atoms with Crippen LogP contribution in [-0.2, 0) is 13.7 Å². The van der Waals surface area contributed by atoms with Crippen LogP contribution in [0, 0.1) is 0 Å². The summed E-state index contributed by atoms with van der Waals surface area (Å²) in [6.45, 7) is 0.264. The number of aromatic nitrogens is 2. The minimum Gasteiger partial charge on any atom is -0.486 e. The second-order valence-corrected chi connectivity index (χ2v) is 4.51. The molecule has 20 heavy (non-hydrogen) atoms. The van der Waals surface area contributed by atoms with Gasteiger partial charge >= 0.3 is 0 Å². The van der Waals surface area contributed by atoms with E-state index in [4.69, 9.17) is 4.74 Å². The first-order valence-corrected chi connectivity index (χ1v) is 6.38. The molecule has 1 heterocycles. The maximum absolute atomic E-state index is 12.2. The van der Waals surface area contributed by atoms with Gasteiger partial charge in [0.1, 0.15) is 18.2 Å². The summed E-state index contributed by atoms with van der Waals surface area (Å²) >= 11 is 0. The van der Waals surface area contributed by atoms with Gasteiger partial charge in [0.05, 0.1) is 10.9 Å². The number of hydrogen-bond acceptors (Lipinski definition) is 3. The maximum Gasteiger partial charge on any atom is 0.261 e. The summed E-state index contributed by atoms with van der Waals surface area (Å²) in [5.74, 6) is 1.37. The van der Waals surface area contributed by atoms with Gasteiger partial charge in [-0.05, 0) is 24.3 Å². The van der Waals surface area contributed by atoms with E-state index >= 15 is 0 Å². The van der Waals surface area contributed by atoms with Crippen LogP contribution in [0.5, 0.6) is 5.75 Å². The van der Waals surface area contributed by atoms with E-state index in [1.807, 2.05) is 48.5 Å². The Kier molecular flexibility index (Phi) is 3.21. The highest BCUT2D eigenvalue weighted by atomic mass is 16.5. The largest absolute Gasteiger partial charge is 0.486 e. The van der Waals surface area contributed by atoms with Gasteiger partial charge in [-0.25, -0.2) is 4.98 Å². The second-order valence-electron chi connectivity index (χ2n) is 4.51. The minimum atomic E-state index is -0.0535. The van der Waals surface area contributed by atoms with Gasteiger partial charge in [-0.1, -0.05) is 30.3 Å². The fourth-order valence-electron chi connectivity index (χ4n) is 2.06. The Balaban J connectivity index is 1.96. The average molecular weight is 266 g/mol. The van der Waals surface area contributed by atoms with Crippen molar-refractivity contribution in [2.45, 2.75) is 6.61 Å². The Morgan fingerprint density at radius 2 is 1.75 bits per heavy atom. The number of hydrogen-bond donors (Lipinski definition) is 0. The molecule has 4 heteroatoms. The van der Waals surface area contributed by atoms with Crippen molar-refractivity contribution in [3.05, 3.63) is 70.8 Å². The van der Waals surface area contributed by atoms with Crippen LogP contribution in [0.3, 0.4) is 0 Å². The smallest absolute Gasteiger partial charge is 0.261 e. The Labute approximate surface area is 116 Å². The van der Waals surface area contributed by atoms with Gasteiger partial charge < -0.3 is 4.74 Å². The Bertz CT molecular complexity index is 794. The molecule has 0 aliphatic rings. The van der Waals surface area contributed by atoms with Gasteiger partial charge in [0, 0.05) is 7.05 Å². The molecule has 0 bridgehead atoms. The molecule has 0 N–H and O–H groups in total. The van der Waals surface area contributed by atoms with E-state index in [9.17, 15) is 4.79 Å². The highest BCUT2D eigenvalue weighted by Gasteiger charge is 2.08. The zero-order valence-corrected chi connectivity index (χ0v) is 11.1. The number of para-hydroxylation sites is 2. The van der Waals surface area contributed by atoms with Crippen LogP contribution >= 0.6 is 0 Å². The standard InChI is InChI=1S/C16H14N2O2/c1-18-15(11-20-12-7-3-2-4-8-12)17-14-10-6-5-9-13(14)16(18)19/h2-10H,11H2,1H3. The van der Waals surface area contributed by atoms with Crippen molar-refractivity contribution in [3.63, 3.8) is 0 Å². The topological polar surface area (TPSA) is 44.1 Å². The lowest BCUT2D eigenvalue weighted by Gasteiger charge is -2.10. The molecule has 4 nitrogen and oxygen atoms in total. The highest BCUT2D eigenvalue weighted by molar-refractivity contribution is 5.77. The Morgan fingerprint density at radius 1 is 1.05 bits per heavy atom. The normalized spacial score (nSPS) is 10.7. The first-order valence-electron chi connectivity index (χ1n) is 6.38. The lowest BCUT2D eigenvalue weighted by Crippen LogP contribution is -2.23. The third kappa shape index (κ3) is 2.28. The molecule has 0 saturated heterocycles. The third-order valence-corrected chi connectivity index (χ3v) is 3.19. The van der Waals surface area contributed by atoms with Crippen molar-refractivity contribution in [1.29, 1.82) is 0 Å². The summed E-state index contributed by atoms with van der Waals surface area (Å²) in [4.78, 5) is 16.7. The average Bonchev–Trinajstić information content (AvgIpc) is 2.50. The fourth-order valence-corrected chi connectivity index (χ4v) is 2.06. The molecule has 0 aliphatic heterocycles. The van der Waals surface area contributed by atoms with Crippen molar-refractivity contribution >= 4 is 10.9 Å². The zero-order valence-electron chi connectivity index (χ0n) is 11.1. The molecule has 0 unspecified atom stereocenters. The first kappa shape index (κ1) is 12.4. The van der Waals surface area contributed by atoms with Crippen LogP contribution in [0.15, 0.2) is 59.4 Å². The number of rotatable bonds is 3. The van der Waals surface area contributed by atoms with Crippen LogP contribution in [-0.4, -0.2) is 9.55 Å². The van der Waals surface area contributed by atoms with E-state index < -0.39 is 0 Å². The molecular formula is C16H14N2O2. The molecule has 0 saturated carbocycles. The summed E-state index contributed by atoms with van der Waals surface area (Å²) in [5.41, 5.74) is 0.643. The molecule has 2 aromatic carbocycles. The molecule has 0 atom stereocenters. The van der Waals surface area contributed by atoms with E-state index in [-0.39, 0.29) is 12.2 Å². The van der Waals surface area contributed by atoms with E-state index in [1.54, 1.807) is 13.1 Å². The third-order valence-electron chi connectivity index (χ3n) is 3.19. The number of nitrogens with zero attached hydrogens (tertiary/aromatic N) is 2. The molecule has 0 aliphatic carbocycles. The molecule has 0 spiro atoms. The summed E-state index contributed by atoms with van der Waals surface area (Å²) < 4.78 is 7.19. The molecule has 100 valence electrons. The maximum atomic E-state index is 12.2. The Hall–Kier alpha value is -2.62. The van der Waals surface area contributed by atoms with Gasteiger partial charge in [0.15, 0.2) is 0 Å². The zero-order chi connectivity index (χ0) is 13.9. The van der Waals surface area contributed by atoms with E-state index in [0.29, 0.717) is 16.7 Å². The second kappa shape index (κ2) is 5.17. The van der Waals surface area contributed by atoms with Crippen LogP contribution in [0.25, 0.3) is 10.9 Å². The Morgan fingerprint density at radius 3 is 2.55 bits per heavy atom. The SMILES string of the molecule is Cn1c(COc2ccccc2)nc2ccccc2c1=O. The number of benzene rings is 2. The van der Waals surface area contributed by atoms with E-state index in [2.05, 4.69) is 4.98 Å². The predicted molar refractivity (Wildman–Crippen MR) is 77.8 cm³/mol. The van der Waals surface area contributed by atoms with Crippen molar-refractivity contribution in [1.82, 2.24) is 9.55 Å². The lowest BCUT2D eigenvalue weighted by atomic mass is 10.2. The quantitative estimate of drug-likeness (QED) is 0.731. The van der Waals surface area contributed by atoms with Crippen molar-refractivity contribution in [2.24, 2.45) is 7.05 Å². The van der Waals surface area contributed by atoms with Crippen molar-refractivity contribution in [2.75, 3.05) is 0 Å². The summed E-state index contributed by atoms with van der Waals surface area (Å²) in [6.07, 6.45) is 0. The monoisotopic (exact) mass is 266 g/mol. The van der Waals surface area contributed by atoms with Crippen LogP contribution in [0.2, 0.25) is 0 Å². The van der Waals surface area contributed by atoms with Crippen molar-refractivity contribution in [3.8, 4) is 5.75 Å². The van der Waals surface area contributed by atoms with Gasteiger partial charge in [0.25, 0.3) is 5.56 Å². The van der Waals surface area contributed by atoms with Crippen LogP contribution < -0.4 is 10.3 Å². The minimum absolute atomic E-state index is 0.0535. The lowest BCUT2D eigenvalue weighted by molar-refractivity contribution is 0.290. The predicted octanol–water partition coefficient (Wildman–Crippen LogP) is 2.51. The van der Waals surface area contributed by atoms with Gasteiger partial charge in [-0.15, -0.1) is 0 Å². The molecule has 0 fully saturated rings. The van der Waals surface area contributed by atoms with Crippen LogP contribution in [0.1, 0.15) is 5.82 Å². The fraction of sp³-hybridized carbons (Fsp3) is 0.125. The van der Waals surface area contributed by atoms with E-state index in [0.717, 1.165) is 5.75 Å². The molecule has 3 rings (SSSR count). The van der Waals surface area contributed by atoms with Gasteiger partial charge in [-0.2, -0.15) is 0 Å². The van der Waals surface area contributed by atoms with E-state index in [1.165, 1.54) is 4.57 Å². The van der Waals surface area contributed by atoms with Gasteiger partial charge in [0.2, 0.25) is 0 Å². The first-order chi connectivity index (χ1) is 9.75. The summed E-state index contributed by atoms with van der Waals surface area (Å²) in [7, 11) is 1.71. The highest BCUT2D eigenvalue weighted by Crippen LogP contribution is 2.12. The molecule has 0 radical (unpaired) electrons. The number of ether oxygens (including phenoxy) is 1.